The average molecular weight is 223 g/mol. The van der Waals surface area contributed by atoms with Gasteiger partial charge in [0, 0.05) is 6.54 Å². The molecule has 1 N–H and O–H groups in total. The molecule has 1 aliphatic rings. The fraction of sp³-hybridized carbons (Fsp3) is 0.800. The minimum atomic E-state index is -4.48. The van der Waals surface area contributed by atoms with Crippen LogP contribution in [0, 0.1) is 5.92 Å². The topological polar surface area (TPSA) is 23.5 Å². The van der Waals surface area contributed by atoms with Crippen LogP contribution < -0.4 is 0 Å². The van der Waals surface area contributed by atoms with E-state index in [1.807, 2.05) is 4.90 Å². The summed E-state index contributed by atoms with van der Waals surface area (Å²) >= 11 is 0. The molecule has 2 nitrogen and oxygen atoms in total. The highest BCUT2D eigenvalue weighted by Gasteiger charge is 2.43. The third-order valence-corrected chi connectivity index (χ3v) is 2.80. The van der Waals surface area contributed by atoms with Gasteiger partial charge in [-0.2, -0.15) is 13.2 Å². The predicted octanol–water partition coefficient (Wildman–Crippen LogP) is 1.81. The number of hydrogen-bond acceptors (Lipinski definition) is 2. The smallest absolute Gasteiger partial charge is 0.383 e. The number of alkyl halides is 3. The van der Waals surface area contributed by atoms with Crippen molar-refractivity contribution in [2.24, 2.45) is 5.92 Å². The number of likely N-dealkylation sites (tertiary alicyclic amines) is 1. The van der Waals surface area contributed by atoms with Crippen LogP contribution in [-0.4, -0.2) is 41.9 Å². The molecule has 0 aromatic heterocycles. The molecule has 1 unspecified atom stereocenters. The first-order valence-corrected chi connectivity index (χ1v) is 5.03. The van der Waals surface area contributed by atoms with Crippen molar-refractivity contribution in [3.63, 3.8) is 0 Å². The van der Waals surface area contributed by atoms with Gasteiger partial charge in [-0.25, -0.2) is 0 Å². The van der Waals surface area contributed by atoms with Gasteiger partial charge in [-0.1, -0.05) is 6.08 Å². The van der Waals surface area contributed by atoms with Crippen molar-refractivity contribution in [3.05, 3.63) is 12.7 Å². The Bertz CT molecular complexity index is 209. The van der Waals surface area contributed by atoms with Crippen molar-refractivity contribution in [1.29, 1.82) is 0 Å². The Morgan fingerprint density at radius 2 is 1.93 bits per heavy atom. The van der Waals surface area contributed by atoms with E-state index in [1.54, 1.807) is 6.08 Å². The van der Waals surface area contributed by atoms with Crippen LogP contribution in [0.4, 0.5) is 13.2 Å². The molecule has 1 atom stereocenters. The first-order valence-electron chi connectivity index (χ1n) is 5.03. The second kappa shape index (κ2) is 4.99. The summed E-state index contributed by atoms with van der Waals surface area (Å²) in [5, 5.41) is 9.06. The van der Waals surface area contributed by atoms with Gasteiger partial charge < -0.3 is 5.11 Å². The first kappa shape index (κ1) is 12.5. The highest BCUT2D eigenvalue weighted by molar-refractivity contribution is 4.83. The Labute approximate surface area is 87.4 Å². The molecule has 0 bridgehead atoms. The van der Waals surface area contributed by atoms with Gasteiger partial charge in [-0.15, -0.1) is 6.58 Å². The van der Waals surface area contributed by atoms with Crippen molar-refractivity contribution in [2.75, 3.05) is 19.6 Å². The normalized spacial score (nSPS) is 22.7. The quantitative estimate of drug-likeness (QED) is 0.737. The Balaban J connectivity index is 2.40. The van der Waals surface area contributed by atoms with Gasteiger partial charge in [0.2, 0.25) is 0 Å². The molecule has 15 heavy (non-hydrogen) atoms. The van der Waals surface area contributed by atoms with Gasteiger partial charge in [0.05, 0.1) is 0 Å². The Hall–Kier alpha value is -0.550. The van der Waals surface area contributed by atoms with Crippen LogP contribution in [-0.2, 0) is 0 Å². The van der Waals surface area contributed by atoms with E-state index >= 15 is 0 Å². The van der Waals surface area contributed by atoms with Crippen LogP contribution in [0.1, 0.15) is 12.8 Å². The largest absolute Gasteiger partial charge is 0.414 e. The van der Waals surface area contributed by atoms with Crippen LogP contribution in [0.5, 0.6) is 0 Å². The van der Waals surface area contributed by atoms with Gasteiger partial charge in [-0.3, -0.25) is 4.90 Å². The van der Waals surface area contributed by atoms with Gasteiger partial charge in [0.15, 0.2) is 6.10 Å². The Morgan fingerprint density at radius 3 is 2.33 bits per heavy atom. The fourth-order valence-electron chi connectivity index (χ4n) is 1.90. The lowest BCUT2D eigenvalue weighted by molar-refractivity contribution is -0.222. The number of aliphatic hydroxyl groups excluding tert-OH is 1. The summed E-state index contributed by atoms with van der Waals surface area (Å²) in [7, 11) is 0. The van der Waals surface area contributed by atoms with Crippen molar-refractivity contribution in [1.82, 2.24) is 4.90 Å². The Morgan fingerprint density at radius 1 is 1.40 bits per heavy atom. The summed E-state index contributed by atoms with van der Waals surface area (Å²) in [4.78, 5) is 2.03. The second-order valence-electron chi connectivity index (χ2n) is 3.91. The van der Waals surface area contributed by atoms with Gasteiger partial charge in [0.1, 0.15) is 0 Å². The molecular formula is C10H16F3NO. The number of halogens is 3. The van der Waals surface area contributed by atoms with Crippen molar-refractivity contribution in [3.8, 4) is 0 Å². The third kappa shape index (κ3) is 3.50. The molecule has 0 spiro atoms. The highest BCUT2D eigenvalue weighted by atomic mass is 19.4. The van der Waals surface area contributed by atoms with E-state index in [9.17, 15) is 13.2 Å². The molecule has 1 rings (SSSR count). The molecule has 0 aromatic rings. The lowest BCUT2D eigenvalue weighted by atomic mass is 9.91. The summed E-state index contributed by atoms with van der Waals surface area (Å²) in [6, 6.07) is 0. The van der Waals surface area contributed by atoms with E-state index in [0.29, 0.717) is 32.5 Å². The molecule has 0 aliphatic carbocycles. The zero-order valence-electron chi connectivity index (χ0n) is 8.50. The van der Waals surface area contributed by atoms with E-state index in [0.717, 1.165) is 0 Å². The molecule has 88 valence electrons. The SMILES string of the molecule is C=CCN1CCC(C(O)C(F)(F)F)CC1. The lowest BCUT2D eigenvalue weighted by Crippen LogP contribution is -2.43. The number of piperidine rings is 1. The summed E-state index contributed by atoms with van der Waals surface area (Å²) in [5.74, 6) is -0.647. The van der Waals surface area contributed by atoms with E-state index in [-0.39, 0.29) is 0 Å². The number of rotatable bonds is 3. The summed E-state index contributed by atoms with van der Waals surface area (Å²) in [6.07, 6.45) is -4.11. The molecule has 0 amide bonds. The van der Waals surface area contributed by atoms with Gasteiger partial charge in [0.25, 0.3) is 0 Å². The average Bonchev–Trinajstić information content (AvgIpc) is 2.17. The van der Waals surface area contributed by atoms with E-state index in [1.165, 1.54) is 0 Å². The van der Waals surface area contributed by atoms with Crippen LogP contribution in [0.3, 0.4) is 0 Å². The molecule has 1 fully saturated rings. The maximum absolute atomic E-state index is 12.2. The fourth-order valence-corrected chi connectivity index (χ4v) is 1.90. The maximum Gasteiger partial charge on any atom is 0.414 e. The van der Waals surface area contributed by atoms with Crippen LogP contribution in [0.2, 0.25) is 0 Å². The zero-order valence-corrected chi connectivity index (χ0v) is 8.50. The third-order valence-electron chi connectivity index (χ3n) is 2.80. The second-order valence-corrected chi connectivity index (χ2v) is 3.91. The summed E-state index contributed by atoms with van der Waals surface area (Å²) in [6.45, 7) is 5.48. The van der Waals surface area contributed by atoms with E-state index < -0.39 is 18.2 Å². The van der Waals surface area contributed by atoms with Crippen molar-refractivity contribution >= 4 is 0 Å². The predicted molar refractivity (Wildman–Crippen MR) is 51.4 cm³/mol. The molecule has 0 saturated carbocycles. The summed E-state index contributed by atoms with van der Waals surface area (Å²) < 4.78 is 36.6. The van der Waals surface area contributed by atoms with Gasteiger partial charge in [-0.05, 0) is 31.8 Å². The first-order chi connectivity index (χ1) is 6.95. The Kier molecular flexibility index (Phi) is 4.16. The van der Waals surface area contributed by atoms with Gasteiger partial charge >= 0.3 is 6.18 Å². The maximum atomic E-state index is 12.2. The standard InChI is InChI=1S/C10H16F3NO/c1-2-5-14-6-3-8(4-7-14)9(15)10(11,12)13/h2,8-9,15H,1,3-7H2. The summed E-state index contributed by atoms with van der Waals surface area (Å²) in [5.41, 5.74) is 0. The minimum absolute atomic E-state index is 0.397. The monoisotopic (exact) mass is 223 g/mol. The number of aliphatic hydroxyl groups is 1. The number of hydrogen-bond donors (Lipinski definition) is 1. The lowest BCUT2D eigenvalue weighted by Gasteiger charge is -2.34. The number of nitrogens with zero attached hydrogens (tertiary/aromatic N) is 1. The molecule has 1 saturated heterocycles. The molecule has 1 aliphatic heterocycles. The molecule has 0 aromatic carbocycles. The van der Waals surface area contributed by atoms with Crippen molar-refractivity contribution in [2.45, 2.75) is 25.1 Å². The van der Waals surface area contributed by atoms with E-state index in [2.05, 4.69) is 6.58 Å². The minimum Gasteiger partial charge on any atom is -0.383 e. The van der Waals surface area contributed by atoms with Crippen molar-refractivity contribution < 1.29 is 18.3 Å². The zero-order chi connectivity index (χ0) is 11.5. The molecule has 5 heteroatoms. The highest BCUT2D eigenvalue weighted by Crippen LogP contribution is 2.31. The molecule has 0 radical (unpaired) electrons. The molecular weight excluding hydrogens is 207 g/mol. The molecule has 1 heterocycles. The van der Waals surface area contributed by atoms with E-state index in [4.69, 9.17) is 5.11 Å². The van der Waals surface area contributed by atoms with Crippen LogP contribution in [0.25, 0.3) is 0 Å². The van der Waals surface area contributed by atoms with Crippen LogP contribution >= 0.6 is 0 Å². The van der Waals surface area contributed by atoms with Crippen LogP contribution in [0.15, 0.2) is 12.7 Å².